The Balaban J connectivity index is 2.30. The Morgan fingerprint density at radius 2 is 2.06 bits per heavy atom. The van der Waals surface area contributed by atoms with E-state index in [2.05, 4.69) is 10.5 Å². The maximum Gasteiger partial charge on any atom is 0.226 e. The van der Waals surface area contributed by atoms with Crippen molar-refractivity contribution in [1.29, 1.82) is 0 Å². The molecule has 1 rings (SSSR count). The van der Waals surface area contributed by atoms with E-state index >= 15 is 0 Å². The first-order valence-corrected chi connectivity index (χ1v) is 5.83. The van der Waals surface area contributed by atoms with Gasteiger partial charge < -0.3 is 20.1 Å². The number of nitrogens with zero attached hydrogens (tertiary/aromatic N) is 2. The van der Waals surface area contributed by atoms with Crippen molar-refractivity contribution >= 4 is 11.7 Å². The highest BCUT2D eigenvalue weighted by Crippen LogP contribution is 2.07. The third-order valence-electron chi connectivity index (χ3n) is 2.38. The average Bonchev–Trinajstić information content (AvgIpc) is 2.72. The average molecular weight is 257 g/mol. The van der Waals surface area contributed by atoms with Gasteiger partial charge in [-0.2, -0.15) is 0 Å². The smallest absolute Gasteiger partial charge is 0.226 e. The fourth-order valence-electron chi connectivity index (χ4n) is 1.51. The molecule has 0 radical (unpaired) electrons. The first-order valence-electron chi connectivity index (χ1n) is 5.83. The second-order valence-corrected chi connectivity index (χ2v) is 3.91. The highest BCUT2D eigenvalue weighted by molar-refractivity contribution is 5.89. The molecule has 0 aliphatic heterocycles. The van der Waals surface area contributed by atoms with E-state index in [1.54, 1.807) is 13.0 Å². The lowest BCUT2D eigenvalue weighted by Crippen LogP contribution is -2.32. The molecule has 1 aromatic rings. The van der Waals surface area contributed by atoms with Gasteiger partial charge in [0.2, 0.25) is 5.91 Å². The van der Waals surface area contributed by atoms with E-state index in [0.29, 0.717) is 31.2 Å². The first kappa shape index (κ1) is 14.6. The normalized spacial score (nSPS) is 10.9. The van der Waals surface area contributed by atoms with Gasteiger partial charge in [-0.1, -0.05) is 5.16 Å². The maximum absolute atomic E-state index is 11.6. The van der Waals surface area contributed by atoms with Gasteiger partial charge in [-0.05, 0) is 6.92 Å². The molecule has 0 bridgehead atoms. The predicted octanol–water partition coefficient (Wildman–Crippen LogP) is -0.402. The third kappa shape index (κ3) is 5.26. The van der Waals surface area contributed by atoms with Crippen molar-refractivity contribution in [3.8, 4) is 0 Å². The minimum absolute atomic E-state index is 0.00407. The van der Waals surface area contributed by atoms with Crippen LogP contribution in [-0.4, -0.2) is 59.0 Å². The molecule has 1 amide bonds. The highest BCUT2D eigenvalue weighted by atomic mass is 16.5. The van der Waals surface area contributed by atoms with Crippen molar-refractivity contribution < 1.29 is 19.5 Å². The van der Waals surface area contributed by atoms with Crippen LogP contribution >= 0.6 is 0 Å². The Bertz CT molecular complexity index is 361. The number of aliphatic hydroxyl groups is 2. The summed E-state index contributed by atoms with van der Waals surface area (Å²) in [7, 11) is 0. The highest BCUT2D eigenvalue weighted by Gasteiger charge is 2.09. The summed E-state index contributed by atoms with van der Waals surface area (Å²) in [4.78, 5) is 13.4. The molecule has 7 heteroatoms. The predicted molar refractivity (Wildman–Crippen MR) is 65.1 cm³/mol. The molecular weight excluding hydrogens is 238 g/mol. The van der Waals surface area contributed by atoms with Gasteiger partial charge in [0.15, 0.2) is 5.82 Å². The molecule has 1 aromatic heterocycles. The van der Waals surface area contributed by atoms with Crippen molar-refractivity contribution in [2.75, 3.05) is 38.2 Å². The Kier molecular flexibility index (Phi) is 6.34. The molecule has 0 aliphatic rings. The summed E-state index contributed by atoms with van der Waals surface area (Å²) < 4.78 is 4.83. The van der Waals surface area contributed by atoms with Crippen LogP contribution in [0.3, 0.4) is 0 Å². The van der Waals surface area contributed by atoms with Crippen LogP contribution in [0, 0.1) is 6.92 Å². The van der Waals surface area contributed by atoms with Crippen molar-refractivity contribution in [3.05, 3.63) is 11.8 Å². The van der Waals surface area contributed by atoms with Crippen LogP contribution in [0.2, 0.25) is 0 Å². The Hall–Kier alpha value is -1.44. The Labute approximate surface area is 105 Å². The largest absolute Gasteiger partial charge is 0.395 e. The number of nitrogens with one attached hydrogen (secondary N) is 1. The molecule has 1 heterocycles. The lowest BCUT2D eigenvalue weighted by molar-refractivity contribution is -0.116. The molecular formula is C11H19N3O4. The fraction of sp³-hybridized carbons (Fsp3) is 0.636. The summed E-state index contributed by atoms with van der Waals surface area (Å²) in [6, 6.07) is 1.64. The lowest BCUT2D eigenvalue weighted by atomic mass is 10.3. The van der Waals surface area contributed by atoms with E-state index in [9.17, 15) is 4.79 Å². The van der Waals surface area contributed by atoms with Crippen LogP contribution < -0.4 is 5.32 Å². The van der Waals surface area contributed by atoms with Gasteiger partial charge in [0.1, 0.15) is 5.76 Å². The van der Waals surface area contributed by atoms with Crippen molar-refractivity contribution in [2.45, 2.75) is 13.3 Å². The third-order valence-corrected chi connectivity index (χ3v) is 2.38. The van der Waals surface area contributed by atoms with Gasteiger partial charge >= 0.3 is 0 Å². The minimum atomic E-state index is -0.177. The van der Waals surface area contributed by atoms with Gasteiger partial charge in [-0.3, -0.25) is 9.69 Å². The number of aliphatic hydroxyl groups excluding tert-OH is 2. The maximum atomic E-state index is 11.6. The molecule has 7 nitrogen and oxygen atoms in total. The molecule has 0 unspecified atom stereocenters. The summed E-state index contributed by atoms with van der Waals surface area (Å²) in [6.45, 7) is 3.11. The number of hydrogen-bond acceptors (Lipinski definition) is 6. The van der Waals surface area contributed by atoms with Crippen LogP contribution in [0.15, 0.2) is 10.6 Å². The SMILES string of the molecule is Cc1cc(NC(=O)CCN(CCO)CCO)no1. The van der Waals surface area contributed by atoms with E-state index in [0.717, 1.165) is 0 Å². The molecule has 0 fully saturated rings. The summed E-state index contributed by atoms with van der Waals surface area (Å²) >= 11 is 0. The summed E-state index contributed by atoms with van der Waals surface area (Å²) in [5, 5.41) is 23.9. The van der Waals surface area contributed by atoms with E-state index in [1.165, 1.54) is 0 Å². The summed E-state index contributed by atoms with van der Waals surface area (Å²) in [5.41, 5.74) is 0. The van der Waals surface area contributed by atoms with Gasteiger partial charge in [0.25, 0.3) is 0 Å². The van der Waals surface area contributed by atoms with Gasteiger partial charge in [-0.15, -0.1) is 0 Å². The quantitative estimate of drug-likeness (QED) is 0.586. The van der Waals surface area contributed by atoms with Gasteiger partial charge in [0.05, 0.1) is 13.2 Å². The molecule has 0 atom stereocenters. The van der Waals surface area contributed by atoms with E-state index in [4.69, 9.17) is 14.7 Å². The fourth-order valence-corrected chi connectivity index (χ4v) is 1.51. The summed E-state index contributed by atoms with van der Waals surface area (Å²) in [5.74, 6) is 0.852. The second-order valence-electron chi connectivity index (χ2n) is 3.91. The van der Waals surface area contributed by atoms with Crippen LogP contribution in [0.25, 0.3) is 0 Å². The first-order chi connectivity index (χ1) is 8.65. The monoisotopic (exact) mass is 257 g/mol. The van der Waals surface area contributed by atoms with E-state index in [1.807, 2.05) is 4.90 Å². The standard InChI is InChI=1S/C11H19N3O4/c1-9-8-10(13-18-9)12-11(17)2-3-14(4-6-15)5-7-16/h8,15-16H,2-7H2,1H3,(H,12,13,17). The number of aryl methyl sites for hydroxylation is 1. The van der Waals surface area contributed by atoms with Crippen molar-refractivity contribution in [2.24, 2.45) is 0 Å². The van der Waals surface area contributed by atoms with E-state index in [-0.39, 0.29) is 25.5 Å². The van der Waals surface area contributed by atoms with E-state index < -0.39 is 0 Å². The lowest BCUT2D eigenvalue weighted by Gasteiger charge is -2.19. The Morgan fingerprint density at radius 3 is 2.56 bits per heavy atom. The summed E-state index contributed by atoms with van der Waals surface area (Å²) in [6.07, 6.45) is 0.270. The Morgan fingerprint density at radius 1 is 1.39 bits per heavy atom. The van der Waals surface area contributed by atoms with Crippen LogP contribution in [0.1, 0.15) is 12.2 Å². The number of hydrogen-bond donors (Lipinski definition) is 3. The van der Waals surface area contributed by atoms with Gasteiger partial charge in [0, 0.05) is 32.1 Å². The van der Waals surface area contributed by atoms with Crippen LogP contribution in [0.5, 0.6) is 0 Å². The zero-order valence-corrected chi connectivity index (χ0v) is 10.4. The zero-order valence-electron chi connectivity index (χ0n) is 10.4. The molecule has 102 valence electrons. The number of amides is 1. The van der Waals surface area contributed by atoms with Gasteiger partial charge in [-0.25, -0.2) is 0 Å². The number of carbonyl (C=O) groups excluding carboxylic acids is 1. The second kappa shape index (κ2) is 7.80. The minimum Gasteiger partial charge on any atom is -0.395 e. The van der Waals surface area contributed by atoms with Crippen LogP contribution in [0.4, 0.5) is 5.82 Å². The molecule has 0 saturated carbocycles. The molecule has 0 aliphatic carbocycles. The zero-order chi connectivity index (χ0) is 13.4. The molecule has 0 aromatic carbocycles. The number of carbonyl (C=O) groups is 1. The topological polar surface area (TPSA) is 98.8 Å². The molecule has 0 saturated heterocycles. The molecule has 18 heavy (non-hydrogen) atoms. The number of aromatic nitrogens is 1. The van der Waals surface area contributed by atoms with Crippen molar-refractivity contribution in [1.82, 2.24) is 10.1 Å². The molecule has 0 spiro atoms. The van der Waals surface area contributed by atoms with Crippen molar-refractivity contribution in [3.63, 3.8) is 0 Å². The number of rotatable bonds is 8. The number of anilines is 1. The molecule has 3 N–H and O–H groups in total. The van der Waals surface area contributed by atoms with Crippen LogP contribution in [-0.2, 0) is 4.79 Å².